The van der Waals surface area contributed by atoms with E-state index in [0.29, 0.717) is 0 Å². The molecule has 0 spiro atoms. The molecular weight excluding hydrogens is 342 g/mol. The van der Waals surface area contributed by atoms with Crippen molar-refractivity contribution in [3.05, 3.63) is 60.7 Å². The molecule has 153 valence electrons. The van der Waals surface area contributed by atoms with Crippen LogP contribution < -0.4 is 5.06 Å². The fourth-order valence-corrected chi connectivity index (χ4v) is 3.46. The fraction of sp³-hybridized carbons (Fsp3) is 0.538. The second-order valence-electron chi connectivity index (χ2n) is 7.60. The summed E-state index contributed by atoms with van der Waals surface area (Å²) in [6.07, 6.45) is 16.3. The van der Waals surface area contributed by atoms with Gasteiger partial charge in [0.05, 0.1) is 18.0 Å². The molecule has 28 heavy (non-hydrogen) atoms. The van der Waals surface area contributed by atoms with E-state index < -0.39 is 0 Å². The summed E-state index contributed by atoms with van der Waals surface area (Å²) in [4.78, 5) is 6.11. The normalized spacial score (nSPS) is 10.9. The van der Waals surface area contributed by atoms with Gasteiger partial charge in [-0.25, -0.2) is 5.06 Å². The van der Waals surface area contributed by atoms with Crippen LogP contribution in [0.15, 0.2) is 54.6 Å². The number of hydrogen-bond acceptors (Lipinski definition) is 2. The minimum atomic E-state index is 0.745. The van der Waals surface area contributed by atoms with Crippen molar-refractivity contribution in [1.29, 1.82) is 0 Å². The number of unbranched alkanes of at least 4 members (excludes halogenated alkanes) is 11. The van der Waals surface area contributed by atoms with Crippen molar-refractivity contribution in [2.24, 2.45) is 0 Å². The molecule has 0 saturated carbocycles. The zero-order valence-corrected chi connectivity index (χ0v) is 17.7. The van der Waals surface area contributed by atoms with Crippen LogP contribution >= 0.6 is 0 Å². The van der Waals surface area contributed by atoms with Gasteiger partial charge in [-0.1, -0.05) is 114 Å². The molecule has 0 aromatic heterocycles. The van der Waals surface area contributed by atoms with Gasteiger partial charge >= 0.3 is 0 Å². The molecule has 0 heterocycles. The van der Waals surface area contributed by atoms with Crippen molar-refractivity contribution < 1.29 is 4.84 Å². The zero-order chi connectivity index (χ0) is 19.7. The van der Waals surface area contributed by atoms with Crippen molar-refractivity contribution in [1.82, 2.24) is 0 Å². The highest BCUT2D eigenvalue weighted by atomic mass is 16.7. The van der Waals surface area contributed by atoms with Crippen LogP contribution in [0, 0.1) is 6.07 Å². The highest BCUT2D eigenvalue weighted by molar-refractivity contribution is 5.59. The fourth-order valence-electron chi connectivity index (χ4n) is 3.46. The van der Waals surface area contributed by atoms with Crippen LogP contribution in [0.5, 0.6) is 0 Å². The van der Waals surface area contributed by atoms with Crippen LogP contribution in [-0.4, -0.2) is 6.61 Å². The van der Waals surface area contributed by atoms with Crippen molar-refractivity contribution in [2.75, 3.05) is 11.7 Å². The number of para-hydroxylation sites is 2. The highest BCUT2D eigenvalue weighted by Gasteiger charge is 2.09. The minimum Gasteiger partial charge on any atom is -0.269 e. The Morgan fingerprint density at radius 2 is 1.25 bits per heavy atom. The summed E-state index contributed by atoms with van der Waals surface area (Å²) < 4.78 is 0. The van der Waals surface area contributed by atoms with E-state index in [-0.39, 0.29) is 0 Å². The van der Waals surface area contributed by atoms with Gasteiger partial charge in [-0.05, 0) is 24.6 Å². The molecule has 2 heteroatoms. The van der Waals surface area contributed by atoms with Crippen LogP contribution in [0.3, 0.4) is 0 Å². The zero-order valence-electron chi connectivity index (χ0n) is 17.7. The molecule has 2 aromatic rings. The Balaban J connectivity index is 1.56. The predicted octanol–water partition coefficient (Wildman–Crippen LogP) is 8.26. The molecule has 0 aliphatic carbocycles. The number of benzene rings is 2. The lowest BCUT2D eigenvalue weighted by atomic mass is 10.1. The third kappa shape index (κ3) is 9.41. The number of hydrogen-bond donors (Lipinski definition) is 0. The van der Waals surface area contributed by atoms with Crippen LogP contribution in [-0.2, 0) is 4.84 Å². The third-order valence-corrected chi connectivity index (χ3v) is 5.12. The van der Waals surface area contributed by atoms with Crippen LogP contribution in [0.1, 0.15) is 84.0 Å². The molecule has 0 bridgehead atoms. The van der Waals surface area contributed by atoms with Gasteiger partial charge in [0.25, 0.3) is 0 Å². The van der Waals surface area contributed by atoms with Gasteiger partial charge in [0, 0.05) is 6.07 Å². The van der Waals surface area contributed by atoms with E-state index in [1.165, 1.54) is 70.6 Å². The van der Waals surface area contributed by atoms with Crippen LogP contribution in [0.2, 0.25) is 0 Å². The molecule has 0 aliphatic rings. The quantitative estimate of drug-likeness (QED) is 0.215. The summed E-state index contributed by atoms with van der Waals surface area (Å²) in [7, 11) is 0. The van der Waals surface area contributed by atoms with E-state index in [4.69, 9.17) is 4.84 Å². The standard InChI is InChI=1S/C26H38NO/c1-2-3-4-5-6-7-8-9-10-11-12-19-24-28-27(25-20-15-13-16-21-25)26-22-17-14-18-23-26/h13-18,20-22H,2-12,19,24H2,1H3. The van der Waals surface area contributed by atoms with Crippen molar-refractivity contribution in [3.8, 4) is 0 Å². The van der Waals surface area contributed by atoms with Gasteiger partial charge in [-0.3, -0.25) is 4.84 Å². The summed E-state index contributed by atoms with van der Waals surface area (Å²) in [5, 5.41) is 1.90. The van der Waals surface area contributed by atoms with Crippen LogP contribution in [0.25, 0.3) is 0 Å². The lowest BCUT2D eigenvalue weighted by Crippen LogP contribution is -2.18. The second kappa shape index (κ2) is 15.2. The Hall–Kier alpha value is -1.80. The summed E-state index contributed by atoms with van der Waals surface area (Å²) in [5.74, 6) is 0. The maximum absolute atomic E-state index is 6.11. The molecule has 2 rings (SSSR count). The van der Waals surface area contributed by atoms with Gasteiger partial charge < -0.3 is 0 Å². The van der Waals surface area contributed by atoms with Gasteiger partial charge in [0.15, 0.2) is 0 Å². The molecule has 2 aromatic carbocycles. The average molecular weight is 381 g/mol. The van der Waals surface area contributed by atoms with E-state index in [2.05, 4.69) is 25.1 Å². The minimum absolute atomic E-state index is 0.745. The highest BCUT2D eigenvalue weighted by Crippen LogP contribution is 2.25. The monoisotopic (exact) mass is 380 g/mol. The van der Waals surface area contributed by atoms with E-state index in [0.717, 1.165) is 24.4 Å². The van der Waals surface area contributed by atoms with E-state index >= 15 is 0 Å². The van der Waals surface area contributed by atoms with Crippen molar-refractivity contribution in [2.45, 2.75) is 84.0 Å². The van der Waals surface area contributed by atoms with Crippen LogP contribution in [0.4, 0.5) is 11.4 Å². The molecule has 2 nitrogen and oxygen atoms in total. The Kier molecular flexibility index (Phi) is 12.2. The molecule has 0 saturated heterocycles. The van der Waals surface area contributed by atoms with Gasteiger partial charge in [-0.2, -0.15) is 0 Å². The van der Waals surface area contributed by atoms with Crippen molar-refractivity contribution in [3.63, 3.8) is 0 Å². The lowest BCUT2D eigenvalue weighted by molar-refractivity contribution is 0.131. The smallest absolute Gasteiger partial charge is 0.0774 e. The first kappa shape index (κ1) is 22.5. The molecule has 1 radical (unpaired) electrons. The maximum atomic E-state index is 6.11. The number of anilines is 2. The number of nitrogens with zero attached hydrogens (tertiary/aromatic N) is 1. The molecular formula is C26H38NO. The van der Waals surface area contributed by atoms with Gasteiger partial charge in [0.1, 0.15) is 0 Å². The maximum Gasteiger partial charge on any atom is 0.0774 e. The van der Waals surface area contributed by atoms with Gasteiger partial charge in [-0.15, -0.1) is 0 Å². The summed E-state index contributed by atoms with van der Waals surface area (Å²) in [6.45, 7) is 3.03. The summed E-state index contributed by atoms with van der Waals surface area (Å²) >= 11 is 0. The van der Waals surface area contributed by atoms with Crippen molar-refractivity contribution >= 4 is 11.4 Å². The Bertz CT molecular complexity index is 544. The lowest BCUT2D eigenvalue weighted by Gasteiger charge is -2.23. The third-order valence-electron chi connectivity index (χ3n) is 5.12. The largest absolute Gasteiger partial charge is 0.269 e. The summed E-state index contributed by atoms with van der Waals surface area (Å²) in [5.41, 5.74) is 2.00. The second-order valence-corrected chi connectivity index (χ2v) is 7.60. The first-order valence-corrected chi connectivity index (χ1v) is 11.4. The molecule has 0 unspecified atom stereocenters. The Morgan fingerprint density at radius 1 is 0.679 bits per heavy atom. The molecule has 0 N–H and O–H groups in total. The predicted molar refractivity (Wildman–Crippen MR) is 121 cm³/mol. The first-order chi connectivity index (χ1) is 13.9. The molecule has 0 fully saturated rings. The van der Waals surface area contributed by atoms with E-state index in [1.54, 1.807) is 0 Å². The van der Waals surface area contributed by atoms with E-state index in [9.17, 15) is 0 Å². The summed E-state index contributed by atoms with van der Waals surface area (Å²) in [6, 6.07) is 21.5. The Labute approximate surface area is 172 Å². The topological polar surface area (TPSA) is 12.5 Å². The number of rotatable bonds is 16. The SMILES string of the molecule is CCCCCCCCCCCCCCON(c1[c]cccc1)c1ccccc1. The molecule has 0 aliphatic heterocycles. The molecule has 0 amide bonds. The Morgan fingerprint density at radius 3 is 1.82 bits per heavy atom. The first-order valence-electron chi connectivity index (χ1n) is 11.4. The average Bonchev–Trinajstić information content (AvgIpc) is 2.75. The van der Waals surface area contributed by atoms with E-state index in [1.807, 2.05) is 47.5 Å². The van der Waals surface area contributed by atoms with Gasteiger partial charge in [0.2, 0.25) is 0 Å². The molecule has 0 atom stereocenters.